The van der Waals surface area contributed by atoms with Gasteiger partial charge in [-0.1, -0.05) is 42.5 Å². The van der Waals surface area contributed by atoms with E-state index in [-0.39, 0.29) is 5.91 Å². The number of aryl methyl sites for hydroxylation is 1. The van der Waals surface area contributed by atoms with E-state index in [9.17, 15) is 4.79 Å². The second-order valence-electron chi connectivity index (χ2n) is 5.16. The van der Waals surface area contributed by atoms with E-state index in [2.05, 4.69) is 16.4 Å². The molecule has 0 saturated heterocycles. The van der Waals surface area contributed by atoms with E-state index in [0.717, 1.165) is 17.2 Å². The number of amides is 1. The summed E-state index contributed by atoms with van der Waals surface area (Å²) in [5.74, 6) is 0.823. The Morgan fingerprint density at radius 3 is 2.71 bits per heavy atom. The minimum Gasteiger partial charge on any atom is -0.266 e. The Morgan fingerprint density at radius 1 is 1.14 bits per heavy atom. The third-order valence-electron chi connectivity index (χ3n) is 3.44. The van der Waals surface area contributed by atoms with Gasteiger partial charge in [-0.25, -0.2) is 5.32 Å². The molecule has 1 aliphatic heterocycles. The maximum atomic E-state index is 12.0. The highest BCUT2D eigenvalue weighted by atomic mass is 16.2. The fraction of sp³-hybridized carbons (Fsp3) is 0.176. The Kier molecular flexibility index (Phi) is 3.69. The molecule has 106 valence electrons. The molecule has 0 unspecified atom stereocenters. The molecule has 21 heavy (non-hydrogen) atoms. The number of hydrogen-bond donors (Lipinski definition) is 2. The summed E-state index contributed by atoms with van der Waals surface area (Å²) in [6.45, 7) is 2.95. The van der Waals surface area contributed by atoms with E-state index in [1.54, 1.807) is 4.90 Å². The number of anilines is 1. The highest BCUT2D eigenvalue weighted by Crippen LogP contribution is 2.12. The standard InChI is InChI=1S/C17H17N3O/c1-13-6-5-9-15(10-13)19-17-18-11-16(21)20(17)12-14-7-3-2-4-8-14/h2-10H,11-12H2,1H3,(H,18,19)/p+1. The zero-order valence-electron chi connectivity index (χ0n) is 12.0. The van der Waals surface area contributed by atoms with Crippen LogP contribution in [0.4, 0.5) is 5.69 Å². The summed E-state index contributed by atoms with van der Waals surface area (Å²) < 4.78 is 0. The number of nitrogens with zero attached hydrogens (tertiary/aromatic N) is 1. The van der Waals surface area contributed by atoms with Gasteiger partial charge in [-0.15, -0.1) is 0 Å². The van der Waals surface area contributed by atoms with Crippen LogP contribution < -0.4 is 10.3 Å². The van der Waals surface area contributed by atoms with Gasteiger partial charge >= 0.3 is 11.9 Å². The predicted octanol–water partition coefficient (Wildman–Crippen LogP) is 0.886. The Morgan fingerprint density at radius 2 is 1.95 bits per heavy atom. The number of carbonyl (C=O) groups is 1. The lowest BCUT2D eigenvalue weighted by Crippen LogP contribution is -2.72. The quantitative estimate of drug-likeness (QED) is 0.877. The van der Waals surface area contributed by atoms with E-state index in [1.807, 2.05) is 55.5 Å². The summed E-state index contributed by atoms with van der Waals surface area (Å²) in [5, 5.41) is 3.29. The molecule has 0 radical (unpaired) electrons. The average Bonchev–Trinajstić information content (AvgIpc) is 2.81. The van der Waals surface area contributed by atoms with Crippen LogP contribution in [0.3, 0.4) is 0 Å². The van der Waals surface area contributed by atoms with Crippen LogP contribution in [0.5, 0.6) is 0 Å². The van der Waals surface area contributed by atoms with E-state index in [4.69, 9.17) is 0 Å². The zero-order valence-corrected chi connectivity index (χ0v) is 12.0. The van der Waals surface area contributed by atoms with Crippen molar-refractivity contribution in [3.8, 4) is 0 Å². The molecule has 4 heteroatoms. The lowest BCUT2D eigenvalue weighted by Gasteiger charge is -2.12. The first-order valence-electron chi connectivity index (χ1n) is 7.01. The SMILES string of the molecule is Cc1cccc(NC2=[NH+]CC(=O)N2Cc2ccccc2)c1. The van der Waals surface area contributed by atoms with Crippen LogP contribution in [0.2, 0.25) is 0 Å². The topological polar surface area (TPSA) is 46.3 Å². The van der Waals surface area contributed by atoms with Gasteiger partial charge in [0.1, 0.15) is 6.54 Å². The van der Waals surface area contributed by atoms with Crippen LogP contribution in [0.25, 0.3) is 0 Å². The van der Waals surface area contributed by atoms with Crippen molar-refractivity contribution in [2.24, 2.45) is 0 Å². The maximum Gasteiger partial charge on any atom is 0.358 e. The molecule has 2 aromatic carbocycles. The van der Waals surface area contributed by atoms with Crippen LogP contribution in [0, 0.1) is 6.92 Å². The Labute approximate surface area is 124 Å². The second kappa shape index (κ2) is 5.79. The van der Waals surface area contributed by atoms with Crippen LogP contribution >= 0.6 is 0 Å². The molecule has 0 spiro atoms. The van der Waals surface area contributed by atoms with Gasteiger partial charge in [0.15, 0.2) is 6.54 Å². The van der Waals surface area contributed by atoms with Gasteiger partial charge in [0.25, 0.3) is 0 Å². The molecule has 0 aliphatic carbocycles. The van der Waals surface area contributed by atoms with Crippen molar-refractivity contribution in [3.05, 3.63) is 65.7 Å². The van der Waals surface area contributed by atoms with Gasteiger partial charge < -0.3 is 0 Å². The minimum absolute atomic E-state index is 0.0778. The molecule has 1 aliphatic rings. The minimum atomic E-state index is 0.0778. The third kappa shape index (κ3) is 3.11. The van der Waals surface area contributed by atoms with Gasteiger partial charge in [0.2, 0.25) is 0 Å². The molecule has 0 atom stereocenters. The number of hydrogen-bond acceptors (Lipinski definition) is 2. The third-order valence-corrected chi connectivity index (χ3v) is 3.44. The molecule has 0 fully saturated rings. The lowest BCUT2D eigenvalue weighted by atomic mass is 10.2. The normalized spacial score (nSPS) is 14.2. The summed E-state index contributed by atoms with van der Waals surface area (Å²) in [7, 11) is 0. The van der Waals surface area contributed by atoms with Crippen LogP contribution in [-0.4, -0.2) is 23.3 Å². The molecule has 2 N–H and O–H groups in total. The van der Waals surface area contributed by atoms with Crippen molar-refractivity contribution in [1.29, 1.82) is 0 Å². The fourth-order valence-electron chi connectivity index (χ4n) is 2.38. The van der Waals surface area contributed by atoms with Crippen molar-refractivity contribution in [2.45, 2.75) is 13.5 Å². The van der Waals surface area contributed by atoms with E-state index in [1.165, 1.54) is 5.56 Å². The molecule has 2 aromatic rings. The first-order chi connectivity index (χ1) is 10.2. The van der Waals surface area contributed by atoms with Crippen molar-refractivity contribution >= 4 is 17.6 Å². The van der Waals surface area contributed by atoms with Crippen molar-refractivity contribution in [2.75, 3.05) is 11.9 Å². The number of carbonyl (C=O) groups excluding carboxylic acids is 1. The van der Waals surface area contributed by atoms with Crippen LogP contribution in [0.15, 0.2) is 54.6 Å². The number of rotatable bonds is 3. The largest absolute Gasteiger partial charge is 0.358 e. The Hall–Kier alpha value is -2.62. The zero-order chi connectivity index (χ0) is 14.7. The highest BCUT2D eigenvalue weighted by molar-refractivity contribution is 6.04. The molecule has 1 amide bonds. The molecule has 4 nitrogen and oxygen atoms in total. The molecular formula is C17H18N3O+. The second-order valence-corrected chi connectivity index (χ2v) is 5.16. The number of guanidine groups is 1. The van der Waals surface area contributed by atoms with Crippen LogP contribution in [-0.2, 0) is 11.3 Å². The van der Waals surface area contributed by atoms with E-state index < -0.39 is 0 Å². The molecule has 1 heterocycles. The fourth-order valence-corrected chi connectivity index (χ4v) is 2.38. The summed E-state index contributed by atoms with van der Waals surface area (Å²) in [4.78, 5) is 16.9. The highest BCUT2D eigenvalue weighted by Gasteiger charge is 2.32. The van der Waals surface area contributed by atoms with Gasteiger partial charge in [-0.2, -0.15) is 4.90 Å². The van der Waals surface area contributed by atoms with Gasteiger partial charge in [0, 0.05) is 0 Å². The van der Waals surface area contributed by atoms with Crippen molar-refractivity contribution in [1.82, 2.24) is 4.90 Å². The summed E-state index contributed by atoms with van der Waals surface area (Å²) in [5.41, 5.74) is 3.27. The monoisotopic (exact) mass is 280 g/mol. The summed E-state index contributed by atoms with van der Waals surface area (Å²) in [6.07, 6.45) is 0. The number of benzene rings is 2. The van der Waals surface area contributed by atoms with E-state index in [0.29, 0.717) is 13.1 Å². The molecular weight excluding hydrogens is 262 g/mol. The number of nitrogens with one attached hydrogen (secondary N) is 2. The first-order valence-corrected chi connectivity index (χ1v) is 7.01. The van der Waals surface area contributed by atoms with Crippen molar-refractivity contribution in [3.63, 3.8) is 0 Å². The molecule has 0 aromatic heterocycles. The Balaban J connectivity index is 1.76. The molecule has 0 bridgehead atoms. The Bertz CT molecular complexity index is 679. The van der Waals surface area contributed by atoms with Crippen LogP contribution in [0.1, 0.15) is 11.1 Å². The summed E-state index contributed by atoms with van der Waals surface area (Å²) >= 11 is 0. The first kappa shape index (κ1) is 13.4. The van der Waals surface area contributed by atoms with Gasteiger partial charge in [0.05, 0.1) is 5.69 Å². The predicted molar refractivity (Wildman–Crippen MR) is 82.6 cm³/mol. The summed E-state index contributed by atoms with van der Waals surface area (Å²) in [6, 6.07) is 18.1. The average molecular weight is 280 g/mol. The van der Waals surface area contributed by atoms with E-state index >= 15 is 0 Å². The van der Waals surface area contributed by atoms with Crippen molar-refractivity contribution < 1.29 is 9.79 Å². The lowest BCUT2D eigenvalue weighted by molar-refractivity contribution is -0.438. The maximum absolute atomic E-state index is 12.0. The smallest absolute Gasteiger partial charge is 0.266 e. The molecule has 0 saturated carbocycles. The van der Waals surface area contributed by atoms with Gasteiger partial charge in [-0.05, 0) is 30.2 Å². The van der Waals surface area contributed by atoms with Gasteiger partial charge in [-0.3, -0.25) is 9.79 Å². The molecule has 3 rings (SSSR count).